The van der Waals surface area contributed by atoms with Crippen LogP contribution in [0.2, 0.25) is 0 Å². The first-order chi connectivity index (χ1) is 6.59. The van der Waals surface area contributed by atoms with Crippen molar-refractivity contribution < 1.29 is 13.9 Å². The molecule has 1 heterocycles. The van der Waals surface area contributed by atoms with Crippen LogP contribution in [-0.2, 0) is 0 Å². The van der Waals surface area contributed by atoms with Gasteiger partial charge in [0.2, 0.25) is 0 Å². The van der Waals surface area contributed by atoms with Gasteiger partial charge in [0.05, 0.1) is 16.2 Å². The summed E-state index contributed by atoms with van der Waals surface area (Å²) >= 11 is 2.90. The van der Waals surface area contributed by atoms with E-state index in [9.17, 15) is 8.78 Å². The van der Waals surface area contributed by atoms with E-state index in [-0.39, 0.29) is 15.7 Å². The quantitative estimate of drug-likeness (QED) is 0.738. The molecule has 2 aromatic rings. The molecule has 1 N–H and O–H groups in total. The third kappa shape index (κ3) is 1.33. The molecule has 0 aliphatic heterocycles. The Labute approximate surface area is 86.3 Å². The lowest BCUT2D eigenvalue weighted by molar-refractivity contribution is 0.473. The minimum absolute atomic E-state index is 0.0347. The summed E-state index contributed by atoms with van der Waals surface area (Å²) in [7, 11) is 0. The Bertz CT molecular complexity index is 516. The van der Waals surface area contributed by atoms with Gasteiger partial charge >= 0.3 is 0 Å². The number of nitrogens with zero attached hydrogens (tertiary/aromatic N) is 1. The SMILES string of the molecule is Oc1cnc2c(Br)c(F)c(F)cc2c1. The van der Waals surface area contributed by atoms with Gasteiger partial charge in [-0.05, 0) is 28.1 Å². The molecule has 0 fully saturated rings. The molecule has 2 rings (SSSR count). The zero-order valence-corrected chi connectivity index (χ0v) is 8.35. The summed E-state index contributed by atoms with van der Waals surface area (Å²) in [5.41, 5.74) is 0.279. The van der Waals surface area contributed by atoms with Crippen molar-refractivity contribution in [2.24, 2.45) is 0 Å². The van der Waals surface area contributed by atoms with E-state index in [1.807, 2.05) is 0 Å². The van der Waals surface area contributed by atoms with Crippen molar-refractivity contribution in [2.45, 2.75) is 0 Å². The Morgan fingerprint density at radius 3 is 2.71 bits per heavy atom. The lowest BCUT2D eigenvalue weighted by atomic mass is 10.2. The highest BCUT2D eigenvalue weighted by molar-refractivity contribution is 9.10. The van der Waals surface area contributed by atoms with E-state index >= 15 is 0 Å². The lowest BCUT2D eigenvalue weighted by Gasteiger charge is -2.02. The van der Waals surface area contributed by atoms with Crippen LogP contribution >= 0.6 is 15.9 Å². The third-order valence-corrected chi connectivity index (χ3v) is 2.52. The molecule has 0 atom stereocenters. The molecule has 1 aromatic carbocycles. The zero-order valence-electron chi connectivity index (χ0n) is 6.76. The van der Waals surface area contributed by atoms with Crippen molar-refractivity contribution in [2.75, 3.05) is 0 Å². The number of aromatic nitrogens is 1. The minimum Gasteiger partial charge on any atom is -0.506 e. The molecule has 14 heavy (non-hydrogen) atoms. The van der Waals surface area contributed by atoms with Gasteiger partial charge in [0.25, 0.3) is 0 Å². The predicted molar refractivity (Wildman–Crippen MR) is 51.0 cm³/mol. The van der Waals surface area contributed by atoms with E-state index in [1.165, 1.54) is 12.3 Å². The highest BCUT2D eigenvalue weighted by Crippen LogP contribution is 2.28. The smallest absolute Gasteiger partial charge is 0.175 e. The van der Waals surface area contributed by atoms with Crippen LogP contribution in [0.1, 0.15) is 0 Å². The Kier molecular flexibility index (Phi) is 2.11. The monoisotopic (exact) mass is 259 g/mol. The fraction of sp³-hybridized carbons (Fsp3) is 0. The number of rotatable bonds is 0. The van der Waals surface area contributed by atoms with E-state index in [2.05, 4.69) is 20.9 Å². The maximum absolute atomic E-state index is 13.0. The average molecular weight is 260 g/mol. The summed E-state index contributed by atoms with van der Waals surface area (Å²) < 4.78 is 25.9. The van der Waals surface area contributed by atoms with E-state index in [0.29, 0.717) is 5.39 Å². The van der Waals surface area contributed by atoms with Gasteiger partial charge in [-0.1, -0.05) is 0 Å². The van der Waals surface area contributed by atoms with Crippen molar-refractivity contribution in [1.29, 1.82) is 0 Å². The predicted octanol–water partition coefficient (Wildman–Crippen LogP) is 2.98. The van der Waals surface area contributed by atoms with Gasteiger partial charge in [-0.3, -0.25) is 4.98 Å². The first-order valence-corrected chi connectivity index (χ1v) is 4.51. The van der Waals surface area contributed by atoms with E-state index in [4.69, 9.17) is 5.11 Å². The molecule has 0 amide bonds. The standard InChI is InChI=1S/C9H4BrF2NO/c10-7-8(12)6(11)2-4-1-5(14)3-13-9(4)7/h1-3,14H. The lowest BCUT2D eigenvalue weighted by Crippen LogP contribution is -1.89. The number of aromatic hydroxyl groups is 1. The molecule has 0 saturated heterocycles. The molecule has 0 bridgehead atoms. The number of pyridine rings is 1. The van der Waals surface area contributed by atoms with Gasteiger partial charge in [0.15, 0.2) is 11.6 Å². The summed E-state index contributed by atoms with van der Waals surface area (Å²) in [6.45, 7) is 0. The number of hydrogen-bond acceptors (Lipinski definition) is 2. The van der Waals surface area contributed by atoms with Gasteiger partial charge in [0.1, 0.15) is 5.75 Å². The fourth-order valence-corrected chi connectivity index (χ4v) is 1.69. The Balaban J connectivity index is 2.91. The molecule has 5 heteroatoms. The second-order valence-electron chi connectivity index (χ2n) is 2.75. The molecule has 2 nitrogen and oxygen atoms in total. The van der Waals surface area contributed by atoms with Crippen molar-refractivity contribution >= 4 is 26.8 Å². The number of benzene rings is 1. The summed E-state index contributed by atoms with van der Waals surface area (Å²) in [5.74, 6) is -2.04. The van der Waals surface area contributed by atoms with Crippen LogP contribution in [0.5, 0.6) is 5.75 Å². The van der Waals surface area contributed by atoms with Gasteiger partial charge in [0, 0.05) is 5.39 Å². The van der Waals surface area contributed by atoms with E-state index in [0.717, 1.165) is 6.07 Å². The molecule has 72 valence electrons. The molecule has 1 aromatic heterocycles. The molecular formula is C9H4BrF2NO. The molecule has 0 saturated carbocycles. The van der Waals surface area contributed by atoms with Crippen LogP contribution in [0.15, 0.2) is 22.8 Å². The molecule has 0 radical (unpaired) electrons. The first-order valence-electron chi connectivity index (χ1n) is 3.72. The van der Waals surface area contributed by atoms with Crippen molar-refractivity contribution in [3.05, 3.63) is 34.4 Å². The largest absolute Gasteiger partial charge is 0.506 e. The van der Waals surface area contributed by atoms with Gasteiger partial charge in [-0.15, -0.1) is 0 Å². The molecule has 0 unspecified atom stereocenters. The highest BCUT2D eigenvalue weighted by atomic mass is 79.9. The highest BCUT2D eigenvalue weighted by Gasteiger charge is 2.12. The van der Waals surface area contributed by atoms with E-state index < -0.39 is 11.6 Å². The summed E-state index contributed by atoms with van der Waals surface area (Å²) in [6.07, 6.45) is 1.17. The average Bonchev–Trinajstić information content (AvgIpc) is 2.14. The van der Waals surface area contributed by atoms with E-state index in [1.54, 1.807) is 0 Å². The minimum atomic E-state index is -0.976. The van der Waals surface area contributed by atoms with Crippen LogP contribution in [-0.4, -0.2) is 10.1 Å². The second kappa shape index (κ2) is 3.16. The zero-order chi connectivity index (χ0) is 10.3. The second-order valence-corrected chi connectivity index (χ2v) is 3.54. The van der Waals surface area contributed by atoms with Crippen LogP contribution in [0.4, 0.5) is 8.78 Å². The summed E-state index contributed by atoms with van der Waals surface area (Å²) in [4.78, 5) is 3.78. The van der Waals surface area contributed by atoms with Gasteiger partial charge in [-0.25, -0.2) is 8.78 Å². The number of halogens is 3. The topological polar surface area (TPSA) is 33.1 Å². The first kappa shape index (κ1) is 9.33. The molecule has 0 aliphatic carbocycles. The van der Waals surface area contributed by atoms with Crippen LogP contribution < -0.4 is 0 Å². The van der Waals surface area contributed by atoms with Gasteiger partial charge in [-0.2, -0.15) is 0 Å². The maximum atomic E-state index is 13.0. The van der Waals surface area contributed by atoms with Crippen molar-refractivity contribution in [1.82, 2.24) is 4.98 Å². The fourth-order valence-electron chi connectivity index (χ4n) is 1.17. The number of hydrogen-bond donors (Lipinski definition) is 1. The van der Waals surface area contributed by atoms with Crippen molar-refractivity contribution in [3.8, 4) is 5.75 Å². The van der Waals surface area contributed by atoms with Crippen LogP contribution in [0.3, 0.4) is 0 Å². The van der Waals surface area contributed by atoms with Gasteiger partial charge < -0.3 is 5.11 Å². The maximum Gasteiger partial charge on any atom is 0.175 e. The van der Waals surface area contributed by atoms with Crippen LogP contribution in [0, 0.1) is 11.6 Å². The van der Waals surface area contributed by atoms with Crippen molar-refractivity contribution in [3.63, 3.8) is 0 Å². The molecule has 0 aliphatic rings. The number of fused-ring (bicyclic) bond motifs is 1. The Morgan fingerprint density at radius 2 is 2.00 bits per heavy atom. The Hall–Kier alpha value is -1.23. The van der Waals surface area contributed by atoms with Crippen LogP contribution in [0.25, 0.3) is 10.9 Å². The summed E-state index contributed by atoms with van der Waals surface area (Å²) in [5, 5.41) is 9.43. The normalized spacial score (nSPS) is 10.8. The molecule has 0 spiro atoms. The summed E-state index contributed by atoms with van der Waals surface area (Å²) in [6, 6.07) is 2.30. The molecular weight excluding hydrogens is 256 g/mol. The third-order valence-electron chi connectivity index (χ3n) is 1.80. The Morgan fingerprint density at radius 1 is 1.29 bits per heavy atom.